The van der Waals surface area contributed by atoms with Crippen LogP contribution in [0.1, 0.15) is 164 Å². The molecule has 8 aromatic carbocycles. The minimum absolute atomic E-state index is 0.0556. The van der Waals surface area contributed by atoms with Gasteiger partial charge in [0.25, 0.3) is 0 Å². The molecule has 129 heavy (non-hydrogen) atoms. The van der Waals surface area contributed by atoms with Gasteiger partial charge in [0.15, 0.2) is 49.6 Å². The third kappa shape index (κ3) is 29.2. The molecule has 1 unspecified atom stereocenters. The molecular formula is C121H146N8+8. The zero-order valence-corrected chi connectivity index (χ0v) is 80.6. The Hall–Kier alpha value is -13.0. The molecule has 0 saturated carbocycles. The number of aryl methyl sites for hydroxylation is 20. The lowest BCUT2D eigenvalue weighted by Crippen LogP contribution is -2.30. The molecule has 16 aromatic rings. The van der Waals surface area contributed by atoms with Gasteiger partial charge in [0.1, 0.15) is 56.4 Å². The summed E-state index contributed by atoms with van der Waals surface area (Å²) >= 11 is 0. The van der Waals surface area contributed by atoms with E-state index in [-0.39, 0.29) is 11.5 Å². The number of hydrogen-bond donors (Lipinski definition) is 0. The highest BCUT2D eigenvalue weighted by molar-refractivity contribution is 5.67. The molecule has 8 heteroatoms. The van der Waals surface area contributed by atoms with Crippen molar-refractivity contribution in [3.8, 4) is 90.1 Å². The topological polar surface area (TPSA) is 31.0 Å². The van der Waals surface area contributed by atoms with Crippen molar-refractivity contribution in [2.45, 2.75) is 156 Å². The first-order valence-corrected chi connectivity index (χ1v) is 44.6. The first-order valence-electron chi connectivity index (χ1n) is 51.6. The molecule has 8 nitrogen and oxygen atoms in total. The molecule has 16 rings (SSSR count). The SMILES string of the molecule is CCc1ccc(-c2cccc[n+]2C)c(C)c1.Cc1cc(CC(C)C)ccc1-c1cccc[n+]1C.Cc1ccc(-c2cccc[n+]2C)c(C)c1.Cc1ccc(C)c(-c2cccc[n+]2C)c1.[2H]C([2H])([2H])C([2H])(C)c1cc[n+](C)c(-c2ccccc2C)c1.[2H]C([2H])([2H])C([2H])([2H])c1ccc(-c2cccc[n+]2C)cc1.[2H]C([2H])([2H])c1ccc(-c2cccc[n+]2C)c(C)c1.[2H]C([2H])(c1cc[n+](C)c(-c2ccccc2C)c1)C(C)C. The highest BCUT2D eigenvalue weighted by Gasteiger charge is 2.20. The molecule has 0 aliphatic carbocycles. The summed E-state index contributed by atoms with van der Waals surface area (Å²) in [5.74, 6) is -0.971. The fourth-order valence-corrected chi connectivity index (χ4v) is 15.5. The Labute approximate surface area is 795 Å². The summed E-state index contributed by atoms with van der Waals surface area (Å²) in [4.78, 5) is 0. The lowest BCUT2D eigenvalue weighted by atomic mass is 9.97. The molecule has 0 aliphatic heterocycles. The highest BCUT2D eigenvalue weighted by atomic mass is 15.0. The summed E-state index contributed by atoms with van der Waals surface area (Å²) in [6.45, 7) is 23.9. The molecule has 0 spiro atoms. The second-order valence-corrected chi connectivity index (χ2v) is 34.2. The maximum Gasteiger partial charge on any atom is 0.212 e. The minimum Gasteiger partial charge on any atom is -0.201 e. The lowest BCUT2D eigenvalue weighted by molar-refractivity contribution is -0.660. The van der Waals surface area contributed by atoms with Crippen LogP contribution in [0.4, 0.5) is 0 Å². The molecule has 0 radical (unpaired) electrons. The largest absolute Gasteiger partial charge is 0.212 e. The maximum absolute atomic E-state index is 8.26. The summed E-state index contributed by atoms with van der Waals surface area (Å²) in [6.07, 6.45) is 14.6. The van der Waals surface area contributed by atoms with E-state index in [9.17, 15) is 0 Å². The van der Waals surface area contributed by atoms with Gasteiger partial charge in [-0.1, -0.05) is 181 Å². The number of rotatable bonds is 15. The molecule has 8 heterocycles. The second-order valence-electron chi connectivity index (χ2n) is 34.2. The van der Waals surface area contributed by atoms with Crippen LogP contribution in [0.3, 0.4) is 0 Å². The Morgan fingerprint density at radius 2 is 0.620 bits per heavy atom. The molecule has 8 aromatic heterocycles. The maximum atomic E-state index is 8.26. The Kier molecular flexibility index (Phi) is 30.8. The third-order valence-electron chi connectivity index (χ3n) is 22.7. The van der Waals surface area contributed by atoms with Gasteiger partial charge in [0, 0.05) is 161 Å². The van der Waals surface area contributed by atoms with E-state index >= 15 is 0 Å². The fraction of sp³-hybridized carbons (Fsp3) is 0.273. The van der Waals surface area contributed by atoms with Gasteiger partial charge >= 0.3 is 0 Å². The average molecular weight is 1730 g/mol. The van der Waals surface area contributed by atoms with E-state index in [2.05, 4.69) is 292 Å². The molecule has 662 valence electrons. The first-order chi connectivity index (χ1) is 67.3. The van der Waals surface area contributed by atoms with Crippen LogP contribution in [0.15, 0.2) is 347 Å². The zero-order valence-electron chi connectivity index (χ0n) is 94.6. The monoisotopic (exact) mass is 1730 g/mol. The van der Waals surface area contributed by atoms with Gasteiger partial charge in [-0.15, -0.1) is 0 Å². The summed E-state index contributed by atoms with van der Waals surface area (Å²) < 4.78 is 124. The van der Waals surface area contributed by atoms with Crippen LogP contribution in [-0.4, -0.2) is 0 Å². The zero-order chi connectivity index (χ0) is 105. The van der Waals surface area contributed by atoms with Crippen molar-refractivity contribution in [2.24, 2.45) is 68.2 Å². The minimum atomic E-state index is -2.67. The number of aromatic nitrogens is 8. The van der Waals surface area contributed by atoms with Crippen LogP contribution in [0.2, 0.25) is 0 Å². The van der Waals surface area contributed by atoms with Crippen molar-refractivity contribution < 1.29 is 55.7 Å². The van der Waals surface area contributed by atoms with Crippen molar-refractivity contribution in [3.63, 3.8) is 0 Å². The highest BCUT2D eigenvalue weighted by Crippen LogP contribution is 2.29. The second kappa shape index (κ2) is 49.3. The first kappa shape index (κ1) is 80.5. The molecule has 0 saturated heterocycles. The summed E-state index contributed by atoms with van der Waals surface area (Å²) in [5, 5.41) is 0. The Bertz CT molecular complexity index is 6960. The lowest BCUT2D eigenvalue weighted by Gasteiger charge is -2.09. The number of benzene rings is 8. The predicted octanol–water partition coefficient (Wildman–Crippen LogP) is 25.2. The van der Waals surface area contributed by atoms with Crippen LogP contribution >= 0.6 is 0 Å². The summed E-state index contributed by atoms with van der Waals surface area (Å²) in [6, 6.07) is 99.1. The molecular weight excluding hydrogens is 1570 g/mol. The Morgan fingerprint density at radius 1 is 0.271 bits per heavy atom. The van der Waals surface area contributed by atoms with Gasteiger partial charge in [0.2, 0.25) is 45.6 Å². The van der Waals surface area contributed by atoms with E-state index in [4.69, 9.17) is 19.2 Å². The van der Waals surface area contributed by atoms with Crippen molar-refractivity contribution in [3.05, 3.63) is 430 Å². The molecule has 0 bridgehead atoms. The van der Waals surface area contributed by atoms with Gasteiger partial charge in [-0.2, -0.15) is 0 Å². The molecule has 0 N–H and O–H groups in total. The van der Waals surface area contributed by atoms with Gasteiger partial charge in [-0.05, 0) is 270 Å². The smallest absolute Gasteiger partial charge is 0.201 e. The quantitative estimate of drug-likeness (QED) is 0.0916. The van der Waals surface area contributed by atoms with Crippen molar-refractivity contribution in [2.75, 3.05) is 0 Å². The fourth-order valence-electron chi connectivity index (χ4n) is 15.5. The number of nitrogens with zero attached hydrogens (tertiary/aromatic N) is 8. The van der Waals surface area contributed by atoms with Crippen molar-refractivity contribution in [1.29, 1.82) is 0 Å². The Balaban J connectivity index is 0.000000183. The van der Waals surface area contributed by atoms with E-state index in [1.54, 1.807) is 30.3 Å². The van der Waals surface area contributed by atoms with Crippen LogP contribution < -0.4 is 36.5 Å². The number of pyridine rings is 8. The average Bonchev–Trinajstić information content (AvgIpc) is 0.778. The van der Waals surface area contributed by atoms with E-state index in [1.165, 1.54) is 114 Å². The van der Waals surface area contributed by atoms with Crippen LogP contribution in [0.5, 0.6) is 0 Å². The molecule has 0 amide bonds. The van der Waals surface area contributed by atoms with Crippen molar-refractivity contribution >= 4 is 0 Å². The van der Waals surface area contributed by atoms with E-state index in [1.807, 2.05) is 202 Å². The molecule has 0 aliphatic rings. The molecule has 0 fully saturated rings. The summed E-state index contributed by atoms with van der Waals surface area (Å²) in [5.41, 5.74) is 34.4. The summed E-state index contributed by atoms with van der Waals surface area (Å²) in [7, 11) is 16.2. The predicted molar refractivity (Wildman–Crippen MR) is 542 cm³/mol. The standard InChI is InChI=1S/2C17H22N.C16H20N.C15H18N.4C14H16N/c1-13(2)11-15-8-9-16(14(3)12-15)17-7-5-6-10-18(17)4;1-13(2)11-15-9-10-18(4)17(12-15)16-8-6-5-7-14(16)3;1-12(2)14-9-10-17(4)16(11-14)15-8-6-5-7-13(15)3;1-4-13-8-9-14(12(2)11-13)15-7-5-6-10-16(15)3;2*1-11-7-8-13(12(2)10-11)14-6-4-5-9-15(14)3;1-11-7-8-12(2)13(10-11)14-6-4-5-9-15(14)3;1-3-12-7-9-13(10-8-12)14-6-4-5-11-15(14)2/h2*5-10,12-13H,11H2,1-4H3;5-12H,1-4H3;5-11H,4H2,1-3H3;3*4-10H,1-3H3;4-11H,3H2,1-2H3/q8*+1/i;11D2;1D3,12D;;1D3;;;1D3,3D2. The van der Waals surface area contributed by atoms with Gasteiger partial charge < -0.3 is 0 Å². The third-order valence-corrected chi connectivity index (χ3v) is 22.7. The Morgan fingerprint density at radius 3 is 1.03 bits per heavy atom. The van der Waals surface area contributed by atoms with E-state index < -0.39 is 39.2 Å². The van der Waals surface area contributed by atoms with Crippen molar-refractivity contribution in [1.82, 2.24) is 0 Å². The van der Waals surface area contributed by atoms with Crippen LogP contribution in [-0.2, 0) is 82.0 Å². The van der Waals surface area contributed by atoms with Crippen LogP contribution in [0, 0.1) is 81.0 Å². The van der Waals surface area contributed by atoms with E-state index in [0.29, 0.717) is 17.0 Å². The van der Waals surface area contributed by atoms with E-state index in [0.717, 1.165) is 74.6 Å². The van der Waals surface area contributed by atoms with Gasteiger partial charge in [-0.3, -0.25) is 0 Å². The normalized spacial score (nSPS) is 13.2. The van der Waals surface area contributed by atoms with Gasteiger partial charge in [-0.25, -0.2) is 36.5 Å². The molecule has 1 atom stereocenters. The number of hydrogen-bond acceptors (Lipinski definition) is 0. The van der Waals surface area contributed by atoms with Crippen LogP contribution in [0.25, 0.3) is 90.1 Å². The van der Waals surface area contributed by atoms with Gasteiger partial charge in [0.05, 0.1) is 0 Å².